The molecule has 0 spiro atoms. The number of imidazole rings is 1. The van der Waals surface area contributed by atoms with Gasteiger partial charge in [0, 0.05) is 79.8 Å². The van der Waals surface area contributed by atoms with Crippen LogP contribution >= 0.6 is 0 Å². The third kappa shape index (κ3) is 4.59. The van der Waals surface area contributed by atoms with E-state index < -0.39 is 5.44 Å². The molecular weight excluding hydrogens is 603 g/mol. The van der Waals surface area contributed by atoms with Crippen LogP contribution in [0.25, 0.3) is 33.5 Å². The van der Waals surface area contributed by atoms with Crippen LogP contribution in [-0.4, -0.2) is 91.6 Å². The summed E-state index contributed by atoms with van der Waals surface area (Å²) in [5.41, 5.74) is 10.5. The van der Waals surface area contributed by atoms with Crippen molar-refractivity contribution in [2.75, 3.05) is 26.7 Å². The summed E-state index contributed by atoms with van der Waals surface area (Å²) in [6.45, 7) is 3.41. The van der Waals surface area contributed by atoms with Gasteiger partial charge in [-0.3, -0.25) is 14.3 Å². The number of nitrogens with two attached hydrogens (primary N) is 1. The molecule has 48 heavy (non-hydrogen) atoms. The summed E-state index contributed by atoms with van der Waals surface area (Å²) in [6, 6.07) is 14.3. The SMILES string of the molecule is [B][C@]1(N)C2CCC1N(C(=O)c1cc(OC)c3c(c1)nc(-c1cc4ccccc4n1CC1CC1)n3CC1CN(C(=O)c3cnn(C)c3)C1)C2. The van der Waals surface area contributed by atoms with Crippen molar-refractivity contribution in [1.29, 1.82) is 0 Å². The highest BCUT2D eigenvalue weighted by Crippen LogP contribution is 2.44. The molecule has 244 valence electrons. The summed E-state index contributed by atoms with van der Waals surface area (Å²) in [5.74, 6) is 2.31. The lowest BCUT2D eigenvalue weighted by Gasteiger charge is -2.39. The largest absolute Gasteiger partial charge is 0.494 e. The average Bonchev–Trinajstić information content (AvgIpc) is 3.29. The van der Waals surface area contributed by atoms with Crippen molar-refractivity contribution in [3.63, 3.8) is 0 Å². The Labute approximate surface area is 280 Å². The van der Waals surface area contributed by atoms with Crippen molar-refractivity contribution in [2.45, 2.75) is 50.3 Å². The fourth-order valence-corrected chi connectivity index (χ4v) is 8.42. The van der Waals surface area contributed by atoms with E-state index in [1.54, 1.807) is 24.2 Å². The zero-order valence-corrected chi connectivity index (χ0v) is 27.4. The van der Waals surface area contributed by atoms with Crippen LogP contribution in [0.15, 0.2) is 54.9 Å². The van der Waals surface area contributed by atoms with Crippen molar-refractivity contribution in [3.05, 3.63) is 66.0 Å². The van der Waals surface area contributed by atoms with E-state index in [-0.39, 0.29) is 29.7 Å². The molecule has 4 fully saturated rings. The van der Waals surface area contributed by atoms with Crippen LogP contribution in [-0.2, 0) is 20.1 Å². The van der Waals surface area contributed by atoms with E-state index in [0.717, 1.165) is 36.4 Å². The Morgan fingerprint density at radius 3 is 2.46 bits per heavy atom. The van der Waals surface area contributed by atoms with Gasteiger partial charge in [-0.1, -0.05) is 18.2 Å². The number of piperidine rings is 1. The van der Waals surface area contributed by atoms with E-state index in [2.05, 4.69) is 44.6 Å². The van der Waals surface area contributed by atoms with Crippen LogP contribution in [0.3, 0.4) is 0 Å². The number of likely N-dealkylation sites (tertiary alicyclic amines) is 2. The summed E-state index contributed by atoms with van der Waals surface area (Å²) in [7, 11) is 9.95. The molecule has 12 heteroatoms. The second-order valence-electron chi connectivity index (χ2n) is 14.5. The molecule has 11 nitrogen and oxygen atoms in total. The van der Waals surface area contributed by atoms with Crippen LogP contribution in [0.5, 0.6) is 5.75 Å². The van der Waals surface area contributed by atoms with Crippen molar-refractivity contribution in [2.24, 2.45) is 30.5 Å². The predicted molar refractivity (Wildman–Crippen MR) is 183 cm³/mol. The lowest BCUT2D eigenvalue weighted by atomic mass is 9.71. The minimum atomic E-state index is -0.859. The predicted octanol–water partition coefficient (Wildman–Crippen LogP) is 3.64. The zero-order chi connectivity index (χ0) is 32.9. The average molecular weight is 643 g/mol. The Bertz CT molecular complexity index is 2100. The number of aromatic nitrogens is 5. The first kappa shape index (κ1) is 29.6. The molecule has 2 amide bonds. The van der Waals surface area contributed by atoms with Crippen LogP contribution in [0.4, 0.5) is 0 Å². The van der Waals surface area contributed by atoms with Gasteiger partial charge < -0.3 is 29.4 Å². The minimum absolute atomic E-state index is 0.00468. The van der Waals surface area contributed by atoms with Gasteiger partial charge in [0.15, 0.2) is 5.82 Å². The molecule has 2 saturated heterocycles. The molecule has 5 aromatic rings. The number of nitrogens with zero attached hydrogens (tertiary/aromatic N) is 7. The Hall–Kier alpha value is -4.58. The number of ether oxygens (including phenoxy) is 1. The van der Waals surface area contributed by atoms with Gasteiger partial charge in [-0.25, -0.2) is 4.98 Å². The molecule has 3 aromatic heterocycles. The lowest BCUT2D eigenvalue weighted by molar-refractivity contribution is 0.0471. The lowest BCUT2D eigenvalue weighted by Crippen LogP contribution is -2.52. The van der Waals surface area contributed by atoms with Gasteiger partial charge in [0.1, 0.15) is 11.3 Å². The number of hydrogen-bond donors (Lipinski definition) is 1. The topological polar surface area (TPSA) is 116 Å². The molecular formula is C36H39BN8O3. The highest BCUT2D eigenvalue weighted by Gasteiger charge is 2.54. The summed E-state index contributed by atoms with van der Waals surface area (Å²) in [4.78, 5) is 36.2. The van der Waals surface area contributed by atoms with Gasteiger partial charge in [-0.15, -0.1) is 0 Å². The quantitative estimate of drug-likeness (QED) is 0.259. The number of benzene rings is 2. The Kier molecular flexibility index (Phi) is 6.60. The molecule has 3 atom stereocenters. The number of carbonyl (C=O) groups is 2. The number of rotatable bonds is 8. The summed E-state index contributed by atoms with van der Waals surface area (Å²) in [6.07, 6.45) is 7.60. The summed E-state index contributed by atoms with van der Waals surface area (Å²) < 4.78 is 12.3. The summed E-state index contributed by atoms with van der Waals surface area (Å²) >= 11 is 0. The number of carbonyl (C=O) groups excluding carboxylic acids is 2. The number of aryl methyl sites for hydroxylation is 1. The molecule has 5 heterocycles. The van der Waals surface area contributed by atoms with Crippen molar-refractivity contribution in [3.8, 4) is 17.3 Å². The molecule has 2 saturated carbocycles. The second-order valence-corrected chi connectivity index (χ2v) is 14.5. The fraction of sp³-hybridized carbons (Fsp3) is 0.444. The van der Waals surface area contributed by atoms with E-state index in [1.165, 1.54) is 23.7 Å². The van der Waals surface area contributed by atoms with Gasteiger partial charge in [0.2, 0.25) is 0 Å². The Morgan fingerprint density at radius 2 is 1.77 bits per heavy atom. The van der Waals surface area contributed by atoms with Crippen LogP contribution in [0, 0.1) is 17.8 Å². The van der Waals surface area contributed by atoms with Gasteiger partial charge >= 0.3 is 0 Å². The second kappa shape index (κ2) is 10.7. The van der Waals surface area contributed by atoms with Gasteiger partial charge in [0.25, 0.3) is 11.8 Å². The molecule has 9 rings (SSSR count). The third-order valence-electron chi connectivity index (χ3n) is 11.2. The first-order chi connectivity index (χ1) is 23.2. The molecule has 4 aliphatic rings. The third-order valence-corrected chi connectivity index (χ3v) is 11.2. The Balaban J connectivity index is 1.12. The monoisotopic (exact) mass is 642 g/mol. The van der Waals surface area contributed by atoms with Crippen LogP contribution in [0.1, 0.15) is 46.4 Å². The van der Waals surface area contributed by atoms with E-state index in [1.807, 2.05) is 29.0 Å². The molecule has 2 N–H and O–H groups in total. The van der Waals surface area contributed by atoms with E-state index >= 15 is 0 Å². The van der Waals surface area contributed by atoms with Crippen LogP contribution in [0.2, 0.25) is 0 Å². The van der Waals surface area contributed by atoms with Gasteiger partial charge in [0.05, 0.1) is 37.9 Å². The minimum Gasteiger partial charge on any atom is -0.494 e. The zero-order valence-electron chi connectivity index (χ0n) is 27.4. The maximum Gasteiger partial charge on any atom is 0.257 e. The maximum atomic E-state index is 14.0. The number of hydrogen-bond acceptors (Lipinski definition) is 6. The normalized spacial score (nSPS) is 23.8. The molecule has 2 bridgehead atoms. The highest BCUT2D eigenvalue weighted by atomic mass is 16.5. The first-order valence-electron chi connectivity index (χ1n) is 17.0. The van der Waals surface area contributed by atoms with Gasteiger partial charge in [-0.2, -0.15) is 5.10 Å². The highest BCUT2D eigenvalue weighted by molar-refractivity contribution is 6.17. The summed E-state index contributed by atoms with van der Waals surface area (Å²) in [5, 5.41) is 5.34. The standard InChI is InChI=1S/C36H39BN8O3/c1-41-19-25(14-39-41)34(46)42-15-22(16-42)18-45-32-27(40-33(45)29-12-23-5-3-4-6-28(23)43(29)17-21-7-8-21)11-24(13-30(32)48-2)35(47)44-20-26-9-10-31(44)36(26,37)38/h3-6,11-14,19,21-22,26,31H,7-10,15-18,20,38H2,1-2H3/t26?,31?,36-/m0/s1. The van der Waals surface area contributed by atoms with Crippen LogP contribution < -0.4 is 10.5 Å². The maximum absolute atomic E-state index is 14.0. The smallest absolute Gasteiger partial charge is 0.257 e. The van der Waals surface area contributed by atoms with Gasteiger partial charge in [-0.05, 0) is 61.8 Å². The molecule has 2 aliphatic heterocycles. The van der Waals surface area contributed by atoms with Crippen molar-refractivity contribution >= 4 is 41.6 Å². The molecule has 2 radical (unpaired) electrons. The molecule has 2 aliphatic carbocycles. The molecule has 2 aromatic carbocycles. The van der Waals surface area contributed by atoms with Crippen molar-refractivity contribution < 1.29 is 14.3 Å². The van der Waals surface area contributed by atoms with E-state index in [9.17, 15) is 9.59 Å². The van der Waals surface area contributed by atoms with Crippen molar-refractivity contribution in [1.82, 2.24) is 33.7 Å². The Morgan fingerprint density at radius 1 is 0.979 bits per heavy atom. The van der Waals surface area contributed by atoms with E-state index in [4.69, 9.17) is 23.3 Å². The first-order valence-corrected chi connectivity index (χ1v) is 17.0. The van der Waals surface area contributed by atoms with E-state index in [0.29, 0.717) is 54.5 Å². The molecule has 2 unspecified atom stereocenters. The number of amides is 2. The number of fused-ring (bicyclic) bond motifs is 4. The number of para-hydroxylation sites is 1. The number of methoxy groups -OCH3 is 1. The fourth-order valence-electron chi connectivity index (χ4n) is 8.42.